The Balaban J connectivity index is 0.00000400. The summed E-state index contributed by atoms with van der Waals surface area (Å²) < 4.78 is 0. The van der Waals surface area contributed by atoms with Crippen LogP contribution >= 0.6 is 35.7 Å². The van der Waals surface area contributed by atoms with Crippen LogP contribution in [0.1, 0.15) is 25.8 Å². The van der Waals surface area contributed by atoms with E-state index in [2.05, 4.69) is 66.1 Å². The predicted octanol–water partition coefficient (Wildman–Crippen LogP) is 3.54. The Kier molecular flexibility index (Phi) is 13.0. The zero-order valence-corrected chi connectivity index (χ0v) is 16.4. The van der Waals surface area contributed by atoms with Gasteiger partial charge in [-0.3, -0.25) is 4.99 Å². The lowest BCUT2D eigenvalue weighted by Crippen LogP contribution is -2.42. The summed E-state index contributed by atoms with van der Waals surface area (Å²) >= 11 is 1.83. The summed E-state index contributed by atoms with van der Waals surface area (Å²) in [6.45, 7) is 6.07. The van der Waals surface area contributed by atoms with Gasteiger partial charge >= 0.3 is 0 Å². The molecule has 5 heteroatoms. The van der Waals surface area contributed by atoms with Crippen molar-refractivity contribution in [1.29, 1.82) is 0 Å². The van der Waals surface area contributed by atoms with Crippen LogP contribution in [0.15, 0.2) is 35.3 Å². The zero-order chi connectivity index (χ0) is 14.6. The number of nitrogens with zero attached hydrogens (tertiary/aromatic N) is 1. The summed E-state index contributed by atoms with van der Waals surface area (Å²) in [6.07, 6.45) is 4.31. The van der Waals surface area contributed by atoms with Gasteiger partial charge in [-0.1, -0.05) is 30.3 Å². The average molecular weight is 421 g/mol. The zero-order valence-electron chi connectivity index (χ0n) is 13.3. The molecule has 1 rings (SSSR count). The molecule has 2 N–H and O–H groups in total. The Labute approximate surface area is 150 Å². The highest BCUT2D eigenvalue weighted by molar-refractivity contribution is 14.0. The van der Waals surface area contributed by atoms with E-state index in [1.807, 2.05) is 11.8 Å². The van der Waals surface area contributed by atoms with Crippen molar-refractivity contribution in [3.63, 3.8) is 0 Å². The molecule has 0 aromatic heterocycles. The van der Waals surface area contributed by atoms with Gasteiger partial charge in [0.1, 0.15) is 0 Å². The molecule has 0 aliphatic heterocycles. The SMILES string of the molecule is CCNC(=NCCSC)NC(C)CCc1ccccc1.I. The second kappa shape index (κ2) is 13.2. The first-order valence-corrected chi connectivity index (χ1v) is 8.73. The Morgan fingerprint density at radius 2 is 2.00 bits per heavy atom. The smallest absolute Gasteiger partial charge is 0.191 e. The third-order valence-corrected chi connectivity index (χ3v) is 3.59. The Bertz CT molecular complexity index is 384. The first-order chi connectivity index (χ1) is 9.76. The van der Waals surface area contributed by atoms with Gasteiger partial charge in [0.2, 0.25) is 0 Å². The lowest BCUT2D eigenvalue weighted by atomic mass is 10.1. The molecular formula is C16H28IN3S. The number of hydrogen-bond donors (Lipinski definition) is 2. The highest BCUT2D eigenvalue weighted by Gasteiger charge is 2.05. The molecule has 21 heavy (non-hydrogen) atoms. The van der Waals surface area contributed by atoms with Gasteiger partial charge in [0.25, 0.3) is 0 Å². The number of aliphatic imine (C=N–C) groups is 1. The molecule has 0 heterocycles. The highest BCUT2D eigenvalue weighted by atomic mass is 127. The lowest BCUT2D eigenvalue weighted by Gasteiger charge is -2.17. The molecule has 120 valence electrons. The number of rotatable bonds is 8. The molecule has 0 aliphatic carbocycles. The number of hydrogen-bond acceptors (Lipinski definition) is 2. The number of aryl methyl sites for hydroxylation is 1. The van der Waals surface area contributed by atoms with E-state index in [0.29, 0.717) is 6.04 Å². The van der Waals surface area contributed by atoms with Crippen LogP contribution < -0.4 is 10.6 Å². The molecule has 1 unspecified atom stereocenters. The van der Waals surface area contributed by atoms with Crippen LogP contribution in [0.25, 0.3) is 0 Å². The van der Waals surface area contributed by atoms with Gasteiger partial charge in [0.15, 0.2) is 5.96 Å². The van der Waals surface area contributed by atoms with E-state index >= 15 is 0 Å². The number of halogens is 1. The van der Waals surface area contributed by atoms with Gasteiger partial charge in [-0.05, 0) is 38.5 Å². The third-order valence-electron chi connectivity index (χ3n) is 3.00. The van der Waals surface area contributed by atoms with E-state index in [0.717, 1.165) is 37.6 Å². The van der Waals surface area contributed by atoms with Crippen molar-refractivity contribution in [2.24, 2.45) is 4.99 Å². The van der Waals surface area contributed by atoms with Crippen LogP contribution in [0, 0.1) is 0 Å². The van der Waals surface area contributed by atoms with Gasteiger partial charge in [0.05, 0.1) is 6.54 Å². The predicted molar refractivity (Wildman–Crippen MR) is 107 cm³/mol. The molecule has 0 amide bonds. The van der Waals surface area contributed by atoms with Crippen molar-refractivity contribution in [2.45, 2.75) is 32.7 Å². The molecular weight excluding hydrogens is 393 g/mol. The monoisotopic (exact) mass is 421 g/mol. The number of thioether (sulfide) groups is 1. The molecule has 0 fully saturated rings. The van der Waals surface area contributed by atoms with E-state index < -0.39 is 0 Å². The minimum atomic E-state index is 0. The van der Waals surface area contributed by atoms with E-state index in [-0.39, 0.29) is 24.0 Å². The normalized spacial score (nSPS) is 12.4. The van der Waals surface area contributed by atoms with Crippen molar-refractivity contribution < 1.29 is 0 Å². The molecule has 0 saturated heterocycles. The molecule has 1 atom stereocenters. The Hall–Kier alpha value is -0.430. The minimum Gasteiger partial charge on any atom is -0.357 e. The van der Waals surface area contributed by atoms with Crippen molar-refractivity contribution >= 4 is 41.7 Å². The number of guanidine groups is 1. The third kappa shape index (κ3) is 10.0. The van der Waals surface area contributed by atoms with Crippen LogP contribution in [-0.4, -0.2) is 37.1 Å². The van der Waals surface area contributed by atoms with Gasteiger partial charge < -0.3 is 10.6 Å². The second-order valence-electron chi connectivity index (χ2n) is 4.82. The number of nitrogens with one attached hydrogen (secondary N) is 2. The van der Waals surface area contributed by atoms with Crippen molar-refractivity contribution in [2.75, 3.05) is 25.1 Å². The van der Waals surface area contributed by atoms with Crippen LogP contribution in [-0.2, 0) is 6.42 Å². The first kappa shape index (κ1) is 20.6. The van der Waals surface area contributed by atoms with Gasteiger partial charge in [0, 0.05) is 18.3 Å². The summed E-state index contributed by atoms with van der Waals surface area (Å²) in [4.78, 5) is 4.57. The fourth-order valence-corrected chi connectivity index (χ4v) is 2.18. The fourth-order valence-electron chi connectivity index (χ4n) is 1.90. The summed E-state index contributed by atoms with van der Waals surface area (Å²) in [7, 11) is 0. The van der Waals surface area contributed by atoms with Crippen molar-refractivity contribution in [1.82, 2.24) is 10.6 Å². The van der Waals surface area contributed by atoms with Crippen LogP contribution in [0.2, 0.25) is 0 Å². The molecule has 1 aromatic rings. The summed E-state index contributed by atoms with van der Waals surface area (Å²) in [5, 5.41) is 6.78. The highest BCUT2D eigenvalue weighted by Crippen LogP contribution is 2.04. The molecule has 0 aliphatic rings. The molecule has 0 saturated carbocycles. The lowest BCUT2D eigenvalue weighted by molar-refractivity contribution is 0.594. The van der Waals surface area contributed by atoms with Crippen molar-refractivity contribution in [3.05, 3.63) is 35.9 Å². The molecule has 0 radical (unpaired) electrons. The topological polar surface area (TPSA) is 36.4 Å². The maximum absolute atomic E-state index is 4.57. The molecule has 0 bridgehead atoms. The van der Waals surface area contributed by atoms with Crippen LogP contribution in [0.5, 0.6) is 0 Å². The molecule has 3 nitrogen and oxygen atoms in total. The van der Waals surface area contributed by atoms with Crippen LogP contribution in [0.3, 0.4) is 0 Å². The largest absolute Gasteiger partial charge is 0.357 e. The van der Waals surface area contributed by atoms with Gasteiger partial charge in [-0.2, -0.15) is 11.8 Å². The second-order valence-corrected chi connectivity index (χ2v) is 5.81. The van der Waals surface area contributed by atoms with Gasteiger partial charge in [-0.15, -0.1) is 24.0 Å². The summed E-state index contributed by atoms with van der Waals surface area (Å²) in [6, 6.07) is 11.0. The Morgan fingerprint density at radius 1 is 1.29 bits per heavy atom. The first-order valence-electron chi connectivity index (χ1n) is 7.34. The minimum absolute atomic E-state index is 0. The molecule has 0 spiro atoms. The summed E-state index contributed by atoms with van der Waals surface area (Å²) in [5.74, 6) is 2.00. The molecule has 1 aromatic carbocycles. The van der Waals surface area contributed by atoms with E-state index in [1.54, 1.807) is 0 Å². The van der Waals surface area contributed by atoms with E-state index in [1.165, 1.54) is 5.56 Å². The van der Waals surface area contributed by atoms with E-state index in [9.17, 15) is 0 Å². The van der Waals surface area contributed by atoms with Crippen molar-refractivity contribution in [3.8, 4) is 0 Å². The average Bonchev–Trinajstić information content (AvgIpc) is 2.47. The van der Waals surface area contributed by atoms with Crippen LogP contribution in [0.4, 0.5) is 0 Å². The summed E-state index contributed by atoms with van der Waals surface area (Å²) in [5.41, 5.74) is 1.39. The maximum atomic E-state index is 4.57. The number of benzene rings is 1. The standard InChI is InChI=1S/C16H27N3S.HI/c1-4-17-16(18-12-13-20-3)19-14(2)10-11-15-8-6-5-7-9-15;/h5-9,14H,4,10-13H2,1-3H3,(H2,17,18,19);1H. The quantitative estimate of drug-likeness (QED) is 0.292. The maximum Gasteiger partial charge on any atom is 0.191 e. The van der Waals surface area contributed by atoms with E-state index in [4.69, 9.17) is 0 Å². The Morgan fingerprint density at radius 3 is 2.62 bits per heavy atom. The van der Waals surface area contributed by atoms with Gasteiger partial charge in [-0.25, -0.2) is 0 Å². The fraction of sp³-hybridized carbons (Fsp3) is 0.562.